The Hall–Kier alpha value is -4.64. The number of amides is 1. The van der Waals surface area contributed by atoms with Gasteiger partial charge in [-0.05, 0) is 49.7 Å². The third kappa shape index (κ3) is 5.03. The molecule has 2 heterocycles. The number of ketones is 1. The molecule has 1 N–H and O–H groups in total. The minimum atomic E-state index is -1.13. The second-order valence-corrected chi connectivity index (χ2v) is 9.73. The number of ether oxygens (including phenoxy) is 4. The normalized spacial score (nSPS) is 16.1. The molecule has 1 fully saturated rings. The summed E-state index contributed by atoms with van der Waals surface area (Å²) in [6.45, 7) is 6.89. The second kappa shape index (κ2) is 11.6. The summed E-state index contributed by atoms with van der Waals surface area (Å²) < 4.78 is 21.3. The summed E-state index contributed by atoms with van der Waals surface area (Å²) >= 11 is 0.905. The van der Waals surface area contributed by atoms with Crippen LogP contribution < -0.4 is 19.1 Å². The average Bonchev–Trinajstić information content (AvgIpc) is 3.46. The molecule has 208 valence electrons. The average molecular weight is 565 g/mol. The van der Waals surface area contributed by atoms with Gasteiger partial charge >= 0.3 is 11.9 Å². The lowest BCUT2D eigenvalue weighted by molar-refractivity contribution is -0.132. The van der Waals surface area contributed by atoms with Gasteiger partial charge in [-0.1, -0.05) is 24.0 Å². The van der Waals surface area contributed by atoms with E-state index >= 15 is 0 Å². The molecule has 4 rings (SSSR count). The van der Waals surface area contributed by atoms with Crippen molar-refractivity contribution in [2.45, 2.75) is 19.9 Å². The highest BCUT2D eigenvalue weighted by molar-refractivity contribution is 7.17. The van der Waals surface area contributed by atoms with Gasteiger partial charge in [0, 0.05) is 17.2 Å². The van der Waals surface area contributed by atoms with Gasteiger partial charge in [0.25, 0.3) is 5.78 Å². The summed E-state index contributed by atoms with van der Waals surface area (Å²) in [7, 11) is 4.46. The summed E-state index contributed by atoms with van der Waals surface area (Å²) in [6, 6.07) is 8.74. The number of Topliss-reactive ketones (excluding diaryl/α,β-unsaturated/α-hetero) is 1. The molecule has 3 aromatic rings. The van der Waals surface area contributed by atoms with Gasteiger partial charge in [0.2, 0.25) is 0 Å². The number of aromatic nitrogens is 1. The van der Waals surface area contributed by atoms with E-state index in [1.807, 2.05) is 0 Å². The minimum absolute atomic E-state index is 0.000278. The van der Waals surface area contributed by atoms with Crippen LogP contribution in [0.4, 0.5) is 5.13 Å². The SMILES string of the molecule is C=CCOC(=O)c1sc(N2C(=O)C(=O)C(=C(O)c3ccc(OC)cc3C)[C@@H]2c2ccc(OC)cc2OC)nc1C. The number of esters is 1. The van der Waals surface area contributed by atoms with Crippen LogP contribution in [0, 0.1) is 13.8 Å². The predicted octanol–water partition coefficient (Wildman–Crippen LogP) is 4.75. The summed E-state index contributed by atoms with van der Waals surface area (Å²) in [6.07, 6.45) is 1.44. The zero-order valence-electron chi connectivity index (χ0n) is 22.6. The van der Waals surface area contributed by atoms with Crippen LogP contribution in [0.1, 0.15) is 38.1 Å². The summed E-state index contributed by atoms with van der Waals surface area (Å²) in [5, 5.41) is 11.6. The number of carbonyl (C=O) groups is 3. The number of nitrogens with zero attached hydrogens (tertiary/aromatic N) is 2. The molecule has 10 nitrogen and oxygen atoms in total. The van der Waals surface area contributed by atoms with Crippen molar-refractivity contribution in [3.05, 3.63) is 81.9 Å². The van der Waals surface area contributed by atoms with Crippen LogP contribution in [0.15, 0.2) is 54.6 Å². The molecule has 1 aliphatic heterocycles. The number of thiazole rings is 1. The molecule has 1 aromatic heterocycles. The lowest BCUT2D eigenvalue weighted by Crippen LogP contribution is -2.29. The largest absolute Gasteiger partial charge is 0.507 e. The third-order valence-corrected chi connectivity index (χ3v) is 7.51. The number of rotatable bonds is 9. The molecular weight excluding hydrogens is 536 g/mol. The Bertz CT molecular complexity index is 1540. The van der Waals surface area contributed by atoms with Gasteiger partial charge in [0.15, 0.2) is 5.13 Å². The highest BCUT2D eigenvalue weighted by Gasteiger charge is 2.49. The van der Waals surface area contributed by atoms with E-state index in [2.05, 4.69) is 11.6 Å². The zero-order valence-corrected chi connectivity index (χ0v) is 23.5. The lowest BCUT2D eigenvalue weighted by atomic mass is 9.93. The first-order chi connectivity index (χ1) is 19.2. The van der Waals surface area contributed by atoms with Gasteiger partial charge in [-0.2, -0.15) is 0 Å². The molecule has 11 heteroatoms. The Morgan fingerprint density at radius 1 is 1.07 bits per heavy atom. The predicted molar refractivity (Wildman–Crippen MR) is 149 cm³/mol. The molecular formula is C29H28N2O8S. The quantitative estimate of drug-likeness (QED) is 0.129. The number of aryl methyl sites for hydroxylation is 2. The van der Waals surface area contributed by atoms with Crippen LogP contribution in [-0.2, 0) is 14.3 Å². The molecule has 0 radical (unpaired) electrons. The summed E-state index contributed by atoms with van der Waals surface area (Å²) in [5.74, 6) is -1.48. The van der Waals surface area contributed by atoms with Gasteiger partial charge in [-0.15, -0.1) is 0 Å². The van der Waals surface area contributed by atoms with Crippen molar-refractivity contribution < 1.29 is 38.4 Å². The first-order valence-corrected chi connectivity index (χ1v) is 12.9. The van der Waals surface area contributed by atoms with Crippen molar-refractivity contribution in [1.82, 2.24) is 4.98 Å². The van der Waals surface area contributed by atoms with Gasteiger partial charge in [0.05, 0.1) is 32.6 Å². The molecule has 0 saturated carbocycles. The maximum atomic E-state index is 13.6. The molecule has 1 amide bonds. The van der Waals surface area contributed by atoms with Crippen molar-refractivity contribution >= 4 is 39.9 Å². The van der Waals surface area contributed by atoms with E-state index in [0.717, 1.165) is 11.3 Å². The smallest absolute Gasteiger partial charge is 0.350 e. The summed E-state index contributed by atoms with van der Waals surface area (Å²) in [4.78, 5) is 45.6. The minimum Gasteiger partial charge on any atom is -0.507 e. The molecule has 1 atom stereocenters. The maximum absolute atomic E-state index is 13.6. The second-order valence-electron chi connectivity index (χ2n) is 8.76. The molecule has 1 aliphatic rings. The first kappa shape index (κ1) is 28.4. The van der Waals surface area contributed by atoms with E-state index < -0.39 is 23.7 Å². The Morgan fingerprint density at radius 3 is 2.38 bits per heavy atom. The molecule has 0 aliphatic carbocycles. The van der Waals surface area contributed by atoms with Crippen LogP contribution in [0.2, 0.25) is 0 Å². The van der Waals surface area contributed by atoms with Gasteiger partial charge in [0.1, 0.15) is 40.5 Å². The number of methoxy groups -OCH3 is 3. The van der Waals surface area contributed by atoms with E-state index in [1.165, 1.54) is 32.3 Å². The molecule has 0 bridgehead atoms. The Balaban J connectivity index is 1.96. The number of carbonyl (C=O) groups excluding carboxylic acids is 3. The first-order valence-electron chi connectivity index (χ1n) is 12.1. The monoisotopic (exact) mass is 564 g/mol. The topological polar surface area (TPSA) is 124 Å². The van der Waals surface area contributed by atoms with Crippen molar-refractivity contribution in [2.75, 3.05) is 32.8 Å². The van der Waals surface area contributed by atoms with E-state index in [1.54, 1.807) is 50.2 Å². The number of aliphatic hydroxyl groups excluding tert-OH is 1. The van der Waals surface area contributed by atoms with Crippen LogP contribution >= 0.6 is 11.3 Å². The lowest BCUT2D eigenvalue weighted by Gasteiger charge is -2.25. The number of aliphatic hydroxyl groups is 1. The summed E-state index contributed by atoms with van der Waals surface area (Å²) in [5.41, 5.74) is 1.53. The molecule has 40 heavy (non-hydrogen) atoms. The van der Waals surface area contributed by atoms with Crippen LogP contribution in [0.5, 0.6) is 17.2 Å². The molecule has 2 aromatic carbocycles. The Kier molecular flexibility index (Phi) is 8.24. The van der Waals surface area contributed by atoms with Gasteiger partial charge < -0.3 is 24.1 Å². The van der Waals surface area contributed by atoms with Crippen LogP contribution in [-0.4, -0.2) is 55.7 Å². The van der Waals surface area contributed by atoms with Gasteiger partial charge in [-0.3, -0.25) is 14.5 Å². The Labute approximate surface area is 235 Å². The van der Waals surface area contributed by atoms with Crippen LogP contribution in [0.25, 0.3) is 5.76 Å². The highest BCUT2D eigenvalue weighted by Crippen LogP contribution is 2.47. The van der Waals surface area contributed by atoms with E-state index in [0.29, 0.717) is 39.6 Å². The van der Waals surface area contributed by atoms with E-state index in [9.17, 15) is 19.5 Å². The number of benzene rings is 2. The number of anilines is 1. The van der Waals surface area contributed by atoms with Crippen LogP contribution in [0.3, 0.4) is 0 Å². The molecule has 1 saturated heterocycles. The van der Waals surface area contributed by atoms with Gasteiger partial charge in [-0.25, -0.2) is 9.78 Å². The van der Waals surface area contributed by atoms with Crippen molar-refractivity contribution in [1.29, 1.82) is 0 Å². The molecule has 0 unspecified atom stereocenters. The molecule has 0 spiro atoms. The van der Waals surface area contributed by atoms with Crippen molar-refractivity contribution in [2.24, 2.45) is 0 Å². The van der Waals surface area contributed by atoms with E-state index in [4.69, 9.17) is 18.9 Å². The third-order valence-electron chi connectivity index (χ3n) is 6.38. The Morgan fingerprint density at radius 2 is 1.75 bits per heavy atom. The number of hydrogen-bond acceptors (Lipinski definition) is 10. The zero-order chi connectivity index (χ0) is 29.1. The fourth-order valence-corrected chi connectivity index (χ4v) is 5.40. The highest BCUT2D eigenvalue weighted by atomic mass is 32.1. The van der Waals surface area contributed by atoms with Crippen molar-refractivity contribution in [3.63, 3.8) is 0 Å². The standard InChI is InChI=1S/C29H28N2O8S/c1-7-12-39-28(35)26-16(3)30-29(40-26)31-23(20-11-9-18(37-5)14-21(20)38-6)22(25(33)27(31)34)24(32)19-10-8-17(36-4)13-15(19)2/h7-11,13-14,23,32H,1,12H2,2-6H3/t23-/m0/s1. The van der Waals surface area contributed by atoms with E-state index in [-0.39, 0.29) is 27.9 Å². The fraction of sp³-hybridized carbons (Fsp3) is 0.241. The number of hydrogen-bond donors (Lipinski definition) is 1. The van der Waals surface area contributed by atoms with Crippen molar-refractivity contribution in [3.8, 4) is 17.2 Å². The fourth-order valence-electron chi connectivity index (χ4n) is 4.42. The maximum Gasteiger partial charge on any atom is 0.350 e.